The summed E-state index contributed by atoms with van der Waals surface area (Å²) >= 11 is 0. The first-order valence-electron chi connectivity index (χ1n) is 7.23. The molecule has 2 amide bonds. The highest BCUT2D eigenvalue weighted by atomic mass is 35.5. The van der Waals surface area contributed by atoms with E-state index in [1.54, 1.807) is 13.8 Å². The lowest BCUT2D eigenvalue weighted by molar-refractivity contribution is -0.274. The molecule has 0 aliphatic heterocycles. The Morgan fingerprint density at radius 2 is 1.72 bits per heavy atom. The maximum absolute atomic E-state index is 12.0. The van der Waals surface area contributed by atoms with Crippen LogP contribution in [-0.2, 0) is 16.1 Å². The second-order valence-corrected chi connectivity index (χ2v) is 5.46. The van der Waals surface area contributed by atoms with Gasteiger partial charge in [0, 0.05) is 6.54 Å². The van der Waals surface area contributed by atoms with Crippen LogP contribution in [0.25, 0.3) is 0 Å². The van der Waals surface area contributed by atoms with Gasteiger partial charge in [0.1, 0.15) is 5.75 Å². The normalized spacial score (nSPS) is 12.1. The molecule has 0 saturated carbocycles. The number of hydrogen-bond acceptors (Lipinski definition) is 4. The summed E-state index contributed by atoms with van der Waals surface area (Å²) < 4.78 is 39.8. The van der Waals surface area contributed by atoms with E-state index in [-0.39, 0.29) is 37.2 Å². The summed E-state index contributed by atoms with van der Waals surface area (Å²) in [5, 5.41) is 4.95. The van der Waals surface area contributed by atoms with Gasteiger partial charge in [0.05, 0.1) is 12.6 Å². The van der Waals surface area contributed by atoms with Crippen molar-refractivity contribution in [2.45, 2.75) is 32.8 Å². The Labute approximate surface area is 149 Å². The van der Waals surface area contributed by atoms with Crippen molar-refractivity contribution in [1.29, 1.82) is 0 Å². The maximum Gasteiger partial charge on any atom is 0.573 e. The Bertz CT molecular complexity index is 565. The molecule has 0 spiro atoms. The van der Waals surface area contributed by atoms with E-state index >= 15 is 0 Å². The number of nitrogens with two attached hydrogens (primary N) is 1. The molecule has 10 heteroatoms. The third-order valence-electron chi connectivity index (χ3n) is 3.09. The Balaban J connectivity index is 0.00000576. The van der Waals surface area contributed by atoms with Gasteiger partial charge in [0.25, 0.3) is 0 Å². The summed E-state index contributed by atoms with van der Waals surface area (Å²) in [5.41, 5.74) is 6.22. The molecule has 0 saturated heterocycles. The third kappa shape index (κ3) is 9.16. The number of alkyl halides is 3. The molecule has 0 unspecified atom stereocenters. The van der Waals surface area contributed by atoms with Crippen LogP contribution in [0.15, 0.2) is 24.3 Å². The van der Waals surface area contributed by atoms with Crippen molar-refractivity contribution in [3.63, 3.8) is 0 Å². The van der Waals surface area contributed by atoms with Crippen LogP contribution in [-0.4, -0.2) is 30.8 Å². The van der Waals surface area contributed by atoms with Crippen LogP contribution in [0.1, 0.15) is 19.4 Å². The van der Waals surface area contributed by atoms with Crippen molar-refractivity contribution in [2.24, 2.45) is 11.7 Å². The molecule has 1 aromatic carbocycles. The lowest BCUT2D eigenvalue weighted by atomic mass is 10.1. The number of carbonyl (C=O) groups is 2. The van der Waals surface area contributed by atoms with E-state index in [4.69, 9.17) is 5.73 Å². The van der Waals surface area contributed by atoms with Crippen LogP contribution in [0.3, 0.4) is 0 Å². The van der Waals surface area contributed by atoms with E-state index in [2.05, 4.69) is 15.4 Å². The van der Waals surface area contributed by atoms with Crippen LogP contribution in [0, 0.1) is 5.92 Å². The van der Waals surface area contributed by atoms with Crippen LogP contribution in [0.4, 0.5) is 13.2 Å². The van der Waals surface area contributed by atoms with Gasteiger partial charge in [-0.1, -0.05) is 26.0 Å². The molecule has 0 aliphatic rings. The van der Waals surface area contributed by atoms with E-state index in [1.807, 2.05) is 0 Å². The van der Waals surface area contributed by atoms with Gasteiger partial charge in [-0.3, -0.25) is 9.59 Å². The van der Waals surface area contributed by atoms with Gasteiger partial charge in [-0.2, -0.15) is 0 Å². The zero-order chi connectivity index (χ0) is 18.3. The minimum atomic E-state index is -4.75. The third-order valence-corrected chi connectivity index (χ3v) is 3.09. The average Bonchev–Trinajstić information content (AvgIpc) is 2.49. The fraction of sp³-hybridized carbons (Fsp3) is 0.467. The van der Waals surface area contributed by atoms with Crippen molar-refractivity contribution in [1.82, 2.24) is 10.6 Å². The van der Waals surface area contributed by atoms with E-state index in [0.717, 1.165) is 12.1 Å². The smallest absolute Gasteiger partial charge is 0.406 e. The standard InChI is InChI=1S/C15H20F3N3O3.ClH/c1-9(2)13(19)14(23)21-8-12(22)20-7-10-3-5-11(6-4-10)24-15(16,17)18;/h3-6,9,13H,7-8,19H2,1-2H3,(H,20,22)(H,21,23);1H/t13-;/m0./s1. The number of ether oxygens (including phenoxy) is 1. The molecule has 0 fully saturated rings. The highest BCUT2D eigenvalue weighted by Gasteiger charge is 2.30. The molecule has 0 bridgehead atoms. The number of nitrogens with one attached hydrogen (secondary N) is 2. The maximum atomic E-state index is 12.0. The number of carbonyl (C=O) groups excluding carboxylic acids is 2. The quantitative estimate of drug-likeness (QED) is 0.668. The van der Waals surface area contributed by atoms with Crippen molar-refractivity contribution in [3.05, 3.63) is 29.8 Å². The molecule has 6 nitrogen and oxygen atoms in total. The Morgan fingerprint density at radius 1 is 1.16 bits per heavy atom. The monoisotopic (exact) mass is 383 g/mol. The highest BCUT2D eigenvalue weighted by Crippen LogP contribution is 2.22. The van der Waals surface area contributed by atoms with Gasteiger partial charge in [0.15, 0.2) is 0 Å². The molecule has 1 atom stereocenters. The fourth-order valence-electron chi connectivity index (χ4n) is 1.66. The van der Waals surface area contributed by atoms with Crippen LogP contribution in [0.5, 0.6) is 5.75 Å². The minimum absolute atomic E-state index is 0. The molecule has 0 aromatic heterocycles. The lowest BCUT2D eigenvalue weighted by Crippen LogP contribution is -2.47. The largest absolute Gasteiger partial charge is 0.573 e. The first kappa shape index (κ1) is 23.0. The molecule has 1 rings (SSSR count). The van der Waals surface area contributed by atoms with Crippen molar-refractivity contribution >= 4 is 24.2 Å². The van der Waals surface area contributed by atoms with Gasteiger partial charge in [-0.05, 0) is 23.6 Å². The molecule has 0 radical (unpaired) electrons. The van der Waals surface area contributed by atoms with Crippen molar-refractivity contribution in [3.8, 4) is 5.75 Å². The number of benzene rings is 1. The first-order chi connectivity index (χ1) is 11.1. The predicted molar refractivity (Wildman–Crippen MR) is 88.0 cm³/mol. The molecule has 142 valence electrons. The number of hydrogen-bond donors (Lipinski definition) is 3. The van der Waals surface area contributed by atoms with Crippen LogP contribution < -0.4 is 21.1 Å². The second-order valence-electron chi connectivity index (χ2n) is 5.46. The second kappa shape index (κ2) is 10.1. The minimum Gasteiger partial charge on any atom is -0.406 e. The molecule has 1 aromatic rings. The predicted octanol–water partition coefficient (Wildman–Crippen LogP) is 1.72. The number of amides is 2. The summed E-state index contributed by atoms with van der Waals surface area (Å²) in [6, 6.07) is 4.40. The Kier molecular flexibility index (Phi) is 9.29. The highest BCUT2D eigenvalue weighted by molar-refractivity contribution is 5.87. The number of rotatable bonds is 7. The summed E-state index contributed by atoms with van der Waals surface area (Å²) in [4.78, 5) is 23.2. The van der Waals surface area contributed by atoms with E-state index in [0.29, 0.717) is 5.56 Å². The first-order valence-corrected chi connectivity index (χ1v) is 7.23. The summed E-state index contributed by atoms with van der Waals surface area (Å²) in [5.74, 6) is -1.25. The van der Waals surface area contributed by atoms with Crippen LogP contribution in [0.2, 0.25) is 0 Å². The van der Waals surface area contributed by atoms with Crippen molar-refractivity contribution in [2.75, 3.05) is 6.54 Å². The van der Waals surface area contributed by atoms with Gasteiger partial charge in [0.2, 0.25) is 11.8 Å². The summed E-state index contributed by atoms with van der Waals surface area (Å²) in [7, 11) is 0. The molecule has 25 heavy (non-hydrogen) atoms. The fourth-order valence-corrected chi connectivity index (χ4v) is 1.66. The zero-order valence-corrected chi connectivity index (χ0v) is 14.5. The summed E-state index contributed by atoms with van der Waals surface area (Å²) in [6.45, 7) is 3.46. The zero-order valence-electron chi connectivity index (χ0n) is 13.7. The van der Waals surface area contributed by atoms with Crippen molar-refractivity contribution < 1.29 is 27.5 Å². The average molecular weight is 384 g/mol. The van der Waals surface area contributed by atoms with Gasteiger partial charge < -0.3 is 21.1 Å². The van der Waals surface area contributed by atoms with Gasteiger partial charge in [-0.15, -0.1) is 25.6 Å². The van der Waals surface area contributed by atoms with E-state index in [1.165, 1.54) is 12.1 Å². The Morgan fingerprint density at radius 3 is 2.20 bits per heavy atom. The molecule has 4 N–H and O–H groups in total. The molecular formula is C15H21ClF3N3O3. The van der Waals surface area contributed by atoms with Gasteiger partial charge in [-0.25, -0.2) is 0 Å². The number of halogens is 4. The molecule has 0 aliphatic carbocycles. The summed E-state index contributed by atoms with van der Waals surface area (Å²) in [6.07, 6.45) is -4.75. The lowest BCUT2D eigenvalue weighted by Gasteiger charge is -2.15. The van der Waals surface area contributed by atoms with E-state index in [9.17, 15) is 22.8 Å². The van der Waals surface area contributed by atoms with E-state index < -0.39 is 24.2 Å². The molecule has 0 heterocycles. The SMILES string of the molecule is CC(C)[C@H](N)C(=O)NCC(=O)NCc1ccc(OC(F)(F)F)cc1.Cl. The molecular weight excluding hydrogens is 363 g/mol. The van der Waals surface area contributed by atoms with Crippen LogP contribution >= 0.6 is 12.4 Å². The van der Waals surface area contributed by atoms with Gasteiger partial charge >= 0.3 is 6.36 Å². The topological polar surface area (TPSA) is 93.5 Å². The Hall–Kier alpha value is -2.00.